The van der Waals surface area contributed by atoms with E-state index in [0.717, 1.165) is 18.4 Å². The van der Waals surface area contributed by atoms with Gasteiger partial charge in [-0.2, -0.15) is 0 Å². The van der Waals surface area contributed by atoms with Gasteiger partial charge in [0.25, 0.3) is 0 Å². The van der Waals surface area contributed by atoms with Crippen molar-refractivity contribution in [2.75, 3.05) is 5.32 Å². The summed E-state index contributed by atoms with van der Waals surface area (Å²) < 4.78 is 0. The van der Waals surface area contributed by atoms with Crippen molar-refractivity contribution in [2.45, 2.75) is 45.6 Å². The minimum Gasteiger partial charge on any atom is -0.506 e. The van der Waals surface area contributed by atoms with E-state index in [0.29, 0.717) is 12.1 Å². The first-order valence-corrected chi connectivity index (χ1v) is 6.33. The van der Waals surface area contributed by atoms with Gasteiger partial charge in [-0.3, -0.25) is 4.79 Å². The predicted octanol–water partition coefficient (Wildman–Crippen LogP) is 2.41. The lowest BCUT2D eigenvalue weighted by Crippen LogP contribution is -2.48. The highest BCUT2D eigenvalue weighted by Gasteiger charge is 2.27. The molecule has 0 saturated carbocycles. The fraction of sp³-hybridized carbons (Fsp3) is 0.500. The molecule has 0 spiro atoms. The number of benzene rings is 1. The molecule has 4 heteroatoms. The molecule has 0 heterocycles. The number of amides is 1. The minimum absolute atomic E-state index is 0.0628. The molecule has 0 radical (unpaired) electrons. The van der Waals surface area contributed by atoms with Gasteiger partial charge >= 0.3 is 0 Å². The van der Waals surface area contributed by atoms with Crippen molar-refractivity contribution >= 4 is 11.6 Å². The van der Waals surface area contributed by atoms with Gasteiger partial charge in [-0.25, -0.2) is 0 Å². The lowest BCUT2D eigenvalue weighted by atomic mass is 9.96. The van der Waals surface area contributed by atoms with E-state index >= 15 is 0 Å². The molecule has 0 aliphatic carbocycles. The van der Waals surface area contributed by atoms with Crippen molar-refractivity contribution in [1.82, 2.24) is 0 Å². The van der Waals surface area contributed by atoms with Crippen LogP contribution in [0.3, 0.4) is 0 Å². The number of nitrogens with two attached hydrogens (primary N) is 1. The standard InChI is InChI=1S/C14H22N2O2/c1-4-8-14(3,15)13(18)16-11-9-10(5-2)6-7-12(11)17/h6-7,9,17H,4-5,8,15H2,1-3H3,(H,16,18). The minimum atomic E-state index is -0.913. The zero-order valence-corrected chi connectivity index (χ0v) is 11.3. The van der Waals surface area contributed by atoms with Crippen LogP contribution in [0, 0.1) is 0 Å². The summed E-state index contributed by atoms with van der Waals surface area (Å²) >= 11 is 0. The second-order valence-electron chi connectivity index (χ2n) is 4.83. The molecule has 1 aromatic carbocycles. The molecular weight excluding hydrogens is 228 g/mol. The van der Waals surface area contributed by atoms with E-state index in [4.69, 9.17) is 5.73 Å². The summed E-state index contributed by atoms with van der Waals surface area (Å²) in [6.07, 6.45) is 2.28. The molecule has 0 saturated heterocycles. The van der Waals surface area contributed by atoms with Gasteiger partial charge < -0.3 is 16.2 Å². The molecule has 1 amide bonds. The van der Waals surface area contributed by atoms with Crippen LogP contribution >= 0.6 is 0 Å². The molecule has 18 heavy (non-hydrogen) atoms. The van der Waals surface area contributed by atoms with Crippen LogP contribution in [-0.2, 0) is 11.2 Å². The first-order chi connectivity index (χ1) is 8.40. The Morgan fingerprint density at radius 1 is 1.44 bits per heavy atom. The number of phenols is 1. The Bertz CT molecular complexity index is 428. The van der Waals surface area contributed by atoms with Crippen LogP contribution < -0.4 is 11.1 Å². The Morgan fingerprint density at radius 3 is 2.67 bits per heavy atom. The number of carbonyl (C=O) groups excluding carboxylic acids is 1. The van der Waals surface area contributed by atoms with Gasteiger partial charge in [0.05, 0.1) is 11.2 Å². The number of hydrogen-bond donors (Lipinski definition) is 3. The second kappa shape index (κ2) is 5.87. The molecule has 100 valence electrons. The van der Waals surface area contributed by atoms with Crippen molar-refractivity contribution < 1.29 is 9.90 Å². The van der Waals surface area contributed by atoms with Crippen LogP contribution in [0.1, 0.15) is 39.2 Å². The number of aryl methyl sites for hydroxylation is 1. The van der Waals surface area contributed by atoms with Crippen molar-refractivity contribution in [3.63, 3.8) is 0 Å². The summed E-state index contributed by atoms with van der Waals surface area (Å²) in [4.78, 5) is 12.0. The van der Waals surface area contributed by atoms with E-state index < -0.39 is 5.54 Å². The number of rotatable bonds is 5. The average molecular weight is 250 g/mol. The summed E-state index contributed by atoms with van der Waals surface area (Å²) in [7, 11) is 0. The van der Waals surface area contributed by atoms with Gasteiger partial charge in [0.1, 0.15) is 5.75 Å². The first kappa shape index (κ1) is 14.5. The highest BCUT2D eigenvalue weighted by Crippen LogP contribution is 2.25. The van der Waals surface area contributed by atoms with E-state index in [-0.39, 0.29) is 11.7 Å². The molecule has 0 bridgehead atoms. The molecule has 0 fully saturated rings. The zero-order chi connectivity index (χ0) is 13.8. The van der Waals surface area contributed by atoms with E-state index in [1.54, 1.807) is 19.1 Å². The van der Waals surface area contributed by atoms with Crippen molar-refractivity contribution in [3.05, 3.63) is 23.8 Å². The third-order valence-electron chi connectivity index (χ3n) is 3.01. The second-order valence-corrected chi connectivity index (χ2v) is 4.83. The number of phenolic OH excluding ortho intramolecular Hbond substituents is 1. The van der Waals surface area contributed by atoms with Crippen LogP contribution in [-0.4, -0.2) is 16.6 Å². The molecule has 0 aliphatic rings. The Balaban J connectivity index is 2.87. The number of anilines is 1. The molecule has 1 atom stereocenters. The topological polar surface area (TPSA) is 75.4 Å². The maximum atomic E-state index is 12.0. The van der Waals surface area contributed by atoms with Crippen molar-refractivity contribution in [2.24, 2.45) is 5.73 Å². The van der Waals surface area contributed by atoms with Gasteiger partial charge in [-0.15, -0.1) is 0 Å². The van der Waals surface area contributed by atoms with Crippen LogP contribution in [0.25, 0.3) is 0 Å². The van der Waals surface area contributed by atoms with E-state index in [9.17, 15) is 9.90 Å². The Hall–Kier alpha value is -1.55. The van der Waals surface area contributed by atoms with Crippen LogP contribution in [0.2, 0.25) is 0 Å². The van der Waals surface area contributed by atoms with Crippen molar-refractivity contribution in [1.29, 1.82) is 0 Å². The normalized spacial score (nSPS) is 14.0. The molecular formula is C14H22N2O2. The van der Waals surface area contributed by atoms with E-state index in [1.807, 2.05) is 19.9 Å². The van der Waals surface area contributed by atoms with Gasteiger partial charge in [0, 0.05) is 0 Å². The molecule has 4 N–H and O–H groups in total. The summed E-state index contributed by atoms with van der Waals surface area (Å²) in [5.41, 5.74) is 6.51. The third-order valence-corrected chi connectivity index (χ3v) is 3.01. The van der Waals surface area contributed by atoms with Gasteiger partial charge in [-0.1, -0.05) is 26.3 Å². The van der Waals surface area contributed by atoms with E-state index in [2.05, 4.69) is 5.32 Å². The maximum Gasteiger partial charge on any atom is 0.244 e. The highest BCUT2D eigenvalue weighted by atomic mass is 16.3. The van der Waals surface area contributed by atoms with Crippen LogP contribution in [0.4, 0.5) is 5.69 Å². The molecule has 0 aliphatic heterocycles. The molecule has 4 nitrogen and oxygen atoms in total. The summed E-state index contributed by atoms with van der Waals surface area (Å²) in [6.45, 7) is 5.70. The third kappa shape index (κ3) is 3.47. The van der Waals surface area contributed by atoms with Gasteiger partial charge in [-0.05, 0) is 37.5 Å². The number of nitrogens with one attached hydrogen (secondary N) is 1. The smallest absolute Gasteiger partial charge is 0.244 e. The largest absolute Gasteiger partial charge is 0.506 e. The van der Waals surface area contributed by atoms with Gasteiger partial charge in [0.15, 0.2) is 0 Å². The summed E-state index contributed by atoms with van der Waals surface area (Å²) in [6, 6.07) is 5.19. The first-order valence-electron chi connectivity index (χ1n) is 6.33. The fourth-order valence-corrected chi connectivity index (χ4v) is 1.80. The fourth-order valence-electron chi connectivity index (χ4n) is 1.80. The van der Waals surface area contributed by atoms with Crippen molar-refractivity contribution in [3.8, 4) is 5.75 Å². The number of hydrogen-bond acceptors (Lipinski definition) is 3. The Morgan fingerprint density at radius 2 is 2.11 bits per heavy atom. The van der Waals surface area contributed by atoms with E-state index in [1.165, 1.54) is 0 Å². The monoisotopic (exact) mass is 250 g/mol. The zero-order valence-electron chi connectivity index (χ0n) is 11.3. The number of carbonyl (C=O) groups is 1. The molecule has 1 aromatic rings. The Kier molecular flexibility index (Phi) is 4.73. The molecule has 0 aromatic heterocycles. The average Bonchev–Trinajstić information content (AvgIpc) is 2.31. The lowest BCUT2D eigenvalue weighted by molar-refractivity contribution is -0.120. The van der Waals surface area contributed by atoms with Crippen LogP contribution in [0.5, 0.6) is 5.75 Å². The quantitative estimate of drug-likeness (QED) is 0.702. The van der Waals surface area contributed by atoms with Crippen LogP contribution in [0.15, 0.2) is 18.2 Å². The summed E-state index contributed by atoms with van der Waals surface area (Å²) in [5.74, 6) is -0.208. The molecule has 1 rings (SSSR count). The number of aromatic hydroxyl groups is 1. The highest BCUT2D eigenvalue weighted by molar-refractivity contribution is 5.98. The Labute approximate surface area is 108 Å². The maximum absolute atomic E-state index is 12.0. The molecule has 1 unspecified atom stereocenters. The predicted molar refractivity (Wildman–Crippen MR) is 73.6 cm³/mol. The SMILES string of the molecule is CCCC(C)(N)C(=O)Nc1cc(CC)ccc1O. The summed E-state index contributed by atoms with van der Waals surface area (Å²) in [5, 5.41) is 12.4. The lowest BCUT2D eigenvalue weighted by Gasteiger charge is -2.23. The van der Waals surface area contributed by atoms with Gasteiger partial charge in [0.2, 0.25) is 5.91 Å².